The van der Waals surface area contributed by atoms with Crippen LogP contribution < -0.4 is 4.90 Å². The molecular weight excluding hydrogens is 386 g/mol. The van der Waals surface area contributed by atoms with Crippen molar-refractivity contribution in [3.8, 4) is 0 Å². The van der Waals surface area contributed by atoms with E-state index in [9.17, 15) is 14.9 Å². The number of rotatable bonds is 4. The summed E-state index contributed by atoms with van der Waals surface area (Å²) in [6.45, 7) is 3.93. The zero-order valence-electron chi connectivity index (χ0n) is 15.8. The van der Waals surface area contributed by atoms with E-state index in [1.54, 1.807) is 6.07 Å². The molecule has 0 aliphatic rings. The molecule has 144 valence electrons. The number of thiazole rings is 1. The van der Waals surface area contributed by atoms with Gasteiger partial charge in [0.15, 0.2) is 5.13 Å². The topological polar surface area (TPSA) is 76.3 Å². The van der Waals surface area contributed by atoms with Crippen LogP contribution in [0.3, 0.4) is 0 Å². The van der Waals surface area contributed by atoms with Crippen LogP contribution in [0.25, 0.3) is 10.2 Å². The number of nitro benzene ring substituents is 1. The Balaban J connectivity index is 1.89. The van der Waals surface area contributed by atoms with Crippen LogP contribution in [0.15, 0.2) is 66.7 Å². The Bertz CT molecular complexity index is 1200. The predicted molar refractivity (Wildman–Crippen MR) is 115 cm³/mol. The van der Waals surface area contributed by atoms with Crippen LogP contribution in [0.1, 0.15) is 21.5 Å². The molecule has 4 aromatic rings. The van der Waals surface area contributed by atoms with Crippen LogP contribution in [0.2, 0.25) is 0 Å². The molecule has 0 aliphatic carbocycles. The Kier molecular flexibility index (Phi) is 4.82. The summed E-state index contributed by atoms with van der Waals surface area (Å²) in [5.74, 6) is -0.363. The standard InChI is InChI=1S/C22H17N3O3S/c1-14-10-15(2)12-18(11-14)24(22-23-19-8-3-4-9-20(19)29-22)21(26)16-6-5-7-17(13-16)25(27)28/h3-13H,1-2H3. The highest BCUT2D eigenvalue weighted by atomic mass is 32.1. The van der Waals surface area contributed by atoms with Crippen molar-refractivity contribution in [2.45, 2.75) is 13.8 Å². The van der Waals surface area contributed by atoms with Crippen LogP contribution in [0.5, 0.6) is 0 Å². The maximum absolute atomic E-state index is 13.5. The fourth-order valence-corrected chi connectivity index (χ4v) is 4.22. The maximum atomic E-state index is 13.5. The number of fused-ring (bicyclic) bond motifs is 1. The summed E-state index contributed by atoms with van der Waals surface area (Å²) in [4.78, 5) is 30.3. The second-order valence-corrected chi connectivity index (χ2v) is 7.77. The van der Waals surface area contributed by atoms with Crippen molar-refractivity contribution in [2.24, 2.45) is 0 Å². The number of anilines is 2. The van der Waals surface area contributed by atoms with Crippen molar-refractivity contribution in [1.82, 2.24) is 4.98 Å². The van der Waals surface area contributed by atoms with Crippen molar-refractivity contribution < 1.29 is 9.72 Å². The minimum Gasteiger partial charge on any atom is -0.268 e. The van der Waals surface area contributed by atoms with Gasteiger partial charge in [-0.3, -0.25) is 19.8 Å². The van der Waals surface area contributed by atoms with E-state index in [0.29, 0.717) is 10.8 Å². The van der Waals surface area contributed by atoms with Gasteiger partial charge in [-0.05, 0) is 55.3 Å². The summed E-state index contributed by atoms with van der Waals surface area (Å²) >= 11 is 1.41. The van der Waals surface area contributed by atoms with Crippen molar-refractivity contribution in [3.05, 3.63) is 93.5 Å². The molecule has 1 aromatic heterocycles. The largest absolute Gasteiger partial charge is 0.270 e. The van der Waals surface area contributed by atoms with E-state index in [1.807, 2.05) is 56.3 Å². The third-order valence-electron chi connectivity index (χ3n) is 4.45. The molecule has 6 nitrogen and oxygen atoms in total. The minimum atomic E-state index is -0.504. The Morgan fingerprint density at radius 2 is 1.72 bits per heavy atom. The Hall–Kier alpha value is -3.58. The van der Waals surface area contributed by atoms with Gasteiger partial charge in [-0.15, -0.1) is 0 Å². The van der Waals surface area contributed by atoms with Gasteiger partial charge in [0.2, 0.25) is 0 Å². The number of aromatic nitrogens is 1. The predicted octanol–water partition coefficient (Wildman–Crippen LogP) is 5.80. The van der Waals surface area contributed by atoms with Gasteiger partial charge in [0, 0.05) is 17.7 Å². The lowest BCUT2D eigenvalue weighted by atomic mass is 10.1. The number of aryl methyl sites for hydroxylation is 2. The van der Waals surface area contributed by atoms with E-state index in [-0.39, 0.29) is 17.2 Å². The Morgan fingerprint density at radius 3 is 2.41 bits per heavy atom. The van der Waals surface area contributed by atoms with Crippen molar-refractivity contribution in [2.75, 3.05) is 4.90 Å². The Morgan fingerprint density at radius 1 is 1.00 bits per heavy atom. The summed E-state index contributed by atoms with van der Waals surface area (Å²) < 4.78 is 0.962. The van der Waals surface area contributed by atoms with E-state index in [4.69, 9.17) is 0 Å². The smallest absolute Gasteiger partial charge is 0.268 e. The maximum Gasteiger partial charge on any atom is 0.270 e. The van der Waals surface area contributed by atoms with Crippen LogP contribution in [0.4, 0.5) is 16.5 Å². The third-order valence-corrected chi connectivity index (χ3v) is 5.47. The monoisotopic (exact) mass is 403 g/mol. The molecule has 7 heteroatoms. The summed E-state index contributed by atoms with van der Waals surface area (Å²) in [6, 6.07) is 19.3. The fourth-order valence-electron chi connectivity index (χ4n) is 3.23. The summed E-state index contributed by atoms with van der Waals surface area (Å²) in [6.07, 6.45) is 0. The normalized spacial score (nSPS) is 10.8. The molecule has 1 amide bonds. The SMILES string of the molecule is Cc1cc(C)cc(N(C(=O)c2cccc([N+](=O)[O-])c2)c2nc3ccccc3s2)c1. The first-order valence-electron chi connectivity index (χ1n) is 8.95. The fraction of sp³-hybridized carbons (Fsp3) is 0.0909. The molecule has 0 saturated carbocycles. The lowest BCUT2D eigenvalue weighted by molar-refractivity contribution is -0.384. The molecule has 0 atom stereocenters. The molecule has 0 unspecified atom stereocenters. The highest BCUT2D eigenvalue weighted by Crippen LogP contribution is 2.35. The van der Waals surface area contributed by atoms with Gasteiger partial charge in [-0.25, -0.2) is 4.98 Å². The molecule has 0 bridgehead atoms. The number of nitrogens with zero attached hydrogens (tertiary/aromatic N) is 3. The van der Waals surface area contributed by atoms with Gasteiger partial charge in [0.05, 0.1) is 20.8 Å². The quantitative estimate of drug-likeness (QED) is 0.319. The van der Waals surface area contributed by atoms with Crippen molar-refractivity contribution in [1.29, 1.82) is 0 Å². The lowest BCUT2D eigenvalue weighted by Gasteiger charge is -2.21. The number of benzene rings is 3. The third kappa shape index (κ3) is 3.72. The zero-order valence-corrected chi connectivity index (χ0v) is 16.6. The van der Waals surface area contributed by atoms with Gasteiger partial charge < -0.3 is 0 Å². The molecule has 0 saturated heterocycles. The van der Waals surface area contributed by atoms with E-state index in [2.05, 4.69) is 4.98 Å². The average Bonchev–Trinajstić information content (AvgIpc) is 3.11. The second-order valence-electron chi connectivity index (χ2n) is 6.76. The molecule has 4 rings (SSSR count). The van der Waals surface area contributed by atoms with Gasteiger partial charge in [-0.2, -0.15) is 0 Å². The van der Waals surface area contributed by atoms with Crippen LogP contribution in [-0.2, 0) is 0 Å². The molecule has 1 heterocycles. The average molecular weight is 403 g/mol. The number of amides is 1. The summed E-state index contributed by atoms with van der Waals surface area (Å²) in [7, 11) is 0. The molecule has 0 fully saturated rings. The number of hydrogen-bond donors (Lipinski definition) is 0. The minimum absolute atomic E-state index is 0.125. The molecule has 0 radical (unpaired) electrons. The van der Waals surface area contributed by atoms with Crippen LogP contribution >= 0.6 is 11.3 Å². The summed E-state index contributed by atoms with van der Waals surface area (Å²) in [5.41, 5.74) is 3.61. The van der Waals surface area contributed by atoms with Crippen molar-refractivity contribution in [3.63, 3.8) is 0 Å². The van der Waals surface area contributed by atoms with Crippen molar-refractivity contribution >= 4 is 44.0 Å². The number of carbonyl (C=O) groups excluding carboxylic acids is 1. The zero-order chi connectivity index (χ0) is 20.5. The van der Waals surface area contributed by atoms with Crippen LogP contribution in [-0.4, -0.2) is 15.8 Å². The molecule has 29 heavy (non-hydrogen) atoms. The van der Waals surface area contributed by atoms with Gasteiger partial charge >= 0.3 is 0 Å². The number of non-ortho nitro benzene ring substituents is 1. The summed E-state index contributed by atoms with van der Waals surface area (Å²) in [5, 5.41) is 11.7. The second kappa shape index (κ2) is 7.44. The number of hydrogen-bond acceptors (Lipinski definition) is 5. The number of para-hydroxylation sites is 1. The first-order valence-corrected chi connectivity index (χ1v) is 9.77. The van der Waals surface area contributed by atoms with E-state index < -0.39 is 4.92 Å². The van der Waals surface area contributed by atoms with Gasteiger partial charge in [0.1, 0.15) is 0 Å². The molecule has 0 N–H and O–H groups in total. The van der Waals surface area contributed by atoms with Crippen LogP contribution in [0, 0.1) is 24.0 Å². The molecular formula is C22H17N3O3S. The van der Waals surface area contributed by atoms with E-state index in [0.717, 1.165) is 21.3 Å². The molecule has 0 aliphatic heterocycles. The highest BCUT2D eigenvalue weighted by Gasteiger charge is 2.25. The first-order chi connectivity index (χ1) is 13.9. The number of carbonyl (C=O) groups is 1. The van der Waals surface area contributed by atoms with E-state index in [1.165, 1.54) is 34.4 Å². The lowest BCUT2D eigenvalue weighted by Crippen LogP contribution is -2.26. The van der Waals surface area contributed by atoms with E-state index >= 15 is 0 Å². The highest BCUT2D eigenvalue weighted by molar-refractivity contribution is 7.22. The van der Waals surface area contributed by atoms with Gasteiger partial charge in [0.25, 0.3) is 11.6 Å². The Labute approximate surface area is 171 Å². The number of nitro groups is 1. The van der Waals surface area contributed by atoms with Gasteiger partial charge in [-0.1, -0.05) is 35.6 Å². The first kappa shape index (κ1) is 18.8. The molecule has 3 aromatic carbocycles. The molecule has 0 spiro atoms.